The van der Waals surface area contributed by atoms with Crippen LogP contribution in [0.2, 0.25) is 0 Å². The van der Waals surface area contributed by atoms with Crippen molar-refractivity contribution in [2.75, 3.05) is 51.1 Å². The summed E-state index contributed by atoms with van der Waals surface area (Å²) in [4.78, 5) is 0. The van der Waals surface area contributed by atoms with Gasteiger partial charge < -0.3 is 9.47 Å². The van der Waals surface area contributed by atoms with Gasteiger partial charge in [0.25, 0.3) is 0 Å². The summed E-state index contributed by atoms with van der Waals surface area (Å²) in [5.74, 6) is 0. The summed E-state index contributed by atoms with van der Waals surface area (Å²) in [6.45, 7) is 3.41. The zero-order chi connectivity index (χ0) is 27.4. The molecule has 4 heteroatoms. The highest BCUT2D eigenvalue weighted by Gasteiger charge is 2.40. The number of ether oxygens (including phenoxy) is 2. The van der Waals surface area contributed by atoms with Gasteiger partial charge in [-0.05, 0) is 22.3 Å². The van der Waals surface area contributed by atoms with Crippen LogP contribution in [0.3, 0.4) is 0 Å². The van der Waals surface area contributed by atoms with Crippen molar-refractivity contribution in [1.82, 2.24) is 0 Å². The van der Waals surface area contributed by atoms with E-state index >= 15 is 0 Å². The molecule has 0 atom stereocenters. The van der Waals surface area contributed by atoms with Crippen molar-refractivity contribution in [3.05, 3.63) is 144 Å². The van der Waals surface area contributed by atoms with Crippen molar-refractivity contribution < 1.29 is 9.47 Å². The van der Waals surface area contributed by atoms with Crippen molar-refractivity contribution in [3.63, 3.8) is 0 Å². The minimum Gasteiger partial charge on any atom is -0.374 e. The lowest BCUT2D eigenvalue weighted by Gasteiger charge is -2.31. The molecule has 1 saturated heterocycles. The summed E-state index contributed by atoms with van der Waals surface area (Å²) >= 11 is 0. The Hall–Kier alpha value is -2.34. The molecule has 4 aromatic rings. The molecule has 1 aliphatic heterocycles. The monoisotopic (exact) mass is 570 g/mol. The van der Waals surface area contributed by atoms with Crippen LogP contribution in [-0.4, -0.2) is 51.1 Å². The first-order chi connectivity index (χ1) is 19.7. The molecular weight excluding hydrogens is 526 g/mol. The fourth-order valence-corrected chi connectivity index (χ4v) is 14.0. The fourth-order valence-electron chi connectivity index (χ4n) is 6.09. The van der Waals surface area contributed by atoms with Crippen LogP contribution in [0.1, 0.15) is 22.3 Å². The molecule has 4 aromatic carbocycles. The minimum absolute atomic E-state index is 0.851. The van der Waals surface area contributed by atoms with Crippen LogP contribution in [0.25, 0.3) is 0 Å². The summed E-state index contributed by atoms with van der Waals surface area (Å²) in [6, 6.07) is 44.4. The SMILES string of the molecule is c1ccc(C[P+]2(Cc3ccccc3)CCOCC[P+](Cc3ccccc3)(Cc3ccccc3)CCOCC2)cc1. The van der Waals surface area contributed by atoms with Crippen molar-refractivity contribution in [2.45, 2.75) is 24.6 Å². The Morgan fingerprint density at radius 1 is 0.350 bits per heavy atom. The van der Waals surface area contributed by atoms with Crippen LogP contribution in [0.15, 0.2) is 121 Å². The van der Waals surface area contributed by atoms with Crippen LogP contribution >= 0.6 is 14.5 Å². The van der Waals surface area contributed by atoms with Gasteiger partial charge >= 0.3 is 0 Å². The predicted octanol–water partition coefficient (Wildman–Crippen LogP) is 8.87. The van der Waals surface area contributed by atoms with Gasteiger partial charge in [0.05, 0.1) is 75.7 Å². The van der Waals surface area contributed by atoms with Gasteiger partial charge in [0, 0.05) is 14.5 Å². The van der Waals surface area contributed by atoms with Crippen molar-refractivity contribution >= 4 is 14.5 Å². The van der Waals surface area contributed by atoms with E-state index in [9.17, 15) is 0 Å². The Morgan fingerprint density at radius 3 is 0.800 bits per heavy atom. The zero-order valence-electron chi connectivity index (χ0n) is 23.7. The van der Waals surface area contributed by atoms with Gasteiger partial charge in [-0.15, -0.1) is 0 Å². The van der Waals surface area contributed by atoms with Gasteiger partial charge in [-0.3, -0.25) is 0 Å². The number of hydrogen-bond acceptors (Lipinski definition) is 2. The Kier molecular flexibility index (Phi) is 11.0. The first-order valence-electron chi connectivity index (χ1n) is 14.7. The maximum Gasteiger partial charge on any atom is 0.0847 e. The van der Waals surface area contributed by atoms with E-state index in [4.69, 9.17) is 9.47 Å². The van der Waals surface area contributed by atoms with E-state index in [2.05, 4.69) is 121 Å². The van der Waals surface area contributed by atoms with E-state index in [0.29, 0.717) is 0 Å². The van der Waals surface area contributed by atoms with Crippen LogP contribution in [-0.2, 0) is 34.1 Å². The summed E-state index contributed by atoms with van der Waals surface area (Å²) in [7, 11) is -2.74. The van der Waals surface area contributed by atoms with Crippen LogP contribution in [0.4, 0.5) is 0 Å². The molecule has 0 aliphatic carbocycles. The van der Waals surface area contributed by atoms with E-state index in [1.807, 2.05) is 0 Å². The summed E-state index contributed by atoms with van der Waals surface area (Å²) in [5, 5.41) is 0. The lowest BCUT2D eigenvalue weighted by molar-refractivity contribution is 0.157. The molecule has 2 nitrogen and oxygen atoms in total. The third-order valence-electron chi connectivity index (χ3n) is 8.28. The molecule has 1 heterocycles. The molecule has 1 fully saturated rings. The van der Waals surface area contributed by atoms with E-state index in [0.717, 1.165) is 75.7 Å². The molecule has 0 amide bonds. The average molecular weight is 571 g/mol. The third kappa shape index (κ3) is 8.83. The summed E-state index contributed by atoms with van der Waals surface area (Å²) in [6.07, 6.45) is 9.27. The average Bonchev–Trinajstić information content (AvgIpc) is 2.98. The molecule has 40 heavy (non-hydrogen) atoms. The molecule has 0 unspecified atom stereocenters. The highest BCUT2D eigenvalue weighted by molar-refractivity contribution is 7.74. The Labute approximate surface area is 242 Å². The second kappa shape index (κ2) is 15.0. The Balaban J connectivity index is 1.34. The van der Waals surface area contributed by atoms with Gasteiger partial charge in [0.2, 0.25) is 0 Å². The second-order valence-electron chi connectivity index (χ2n) is 11.4. The second-order valence-corrected chi connectivity index (χ2v) is 19.8. The van der Waals surface area contributed by atoms with Crippen molar-refractivity contribution in [3.8, 4) is 0 Å². The van der Waals surface area contributed by atoms with E-state index in [-0.39, 0.29) is 0 Å². The first kappa shape index (κ1) is 29.2. The number of benzene rings is 4. The topological polar surface area (TPSA) is 18.5 Å². The first-order valence-corrected chi connectivity index (χ1v) is 19.8. The molecule has 0 N–H and O–H groups in total. The standard InChI is InChI=1S/C36H44O2P2/c1-5-13-33(14-6-1)29-39(30-34-15-7-2-8-16-34)25-21-37-23-27-40(28-24-38-22-26-39,31-35-17-9-3-10-18-35)32-36-19-11-4-12-20-36/h1-20H,21-32H2/q+2. The minimum atomic E-state index is -1.37. The molecular formula is C36H44O2P2+2. The van der Waals surface area contributed by atoms with Gasteiger partial charge in [0.15, 0.2) is 0 Å². The van der Waals surface area contributed by atoms with Gasteiger partial charge in [-0.1, -0.05) is 121 Å². The zero-order valence-corrected chi connectivity index (χ0v) is 25.5. The van der Waals surface area contributed by atoms with Crippen LogP contribution in [0.5, 0.6) is 0 Å². The highest BCUT2D eigenvalue weighted by Crippen LogP contribution is 2.65. The van der Waals surface area contributed by atoms with Crippen molar-refractivity contribution in [1.29, 1.82) is 0 Å². The predicted molar refractivity (Wildman–Crippen MR) is 176 cm³/mol. The fraction of sp³-hybridized carbons (Fsp3) is 0.333. The van der Waals surface area contributed by atoms with E-state index in [1.54, 1.807) is 0 Å². The lowest BCUT2D eigenvalue weighted by Crippen LogP contribution is -2.22. The van der Waals surface area contributed by atoms with Crippen molar-refractivity contribution in [2.24, 2.45) is 0 Å². The van der Waals surface area contributed by atoms with Gasteiger partial charge in [-0.2, -0.15) is 0 Å². The van der Waals surface area contributed by atoms with Gasteiger partial charge in [-0.25, -0.2) is 0 Å². The third-order valence-corrected chi connectivity index (χ3v) is 17.0. The largest absolute Gasteiger partial charge is 0.374 e. The smallest absolute Gasteiger partial charge is 0.0847 e. The summed E-state index contributed by atoms with van der Waals surface area (Å²) in [5.41, 5.74) is 5.81. The quantitative estimate of drug-likeness (QED) is 0.197. The van der Waals surface area contributed by atoms with E-state index in [1.165, 1.54) is 22.3 Å². The lowest BCUT2D eigenvalue weighted by atomic mass is 10.2. The highest BCUT2D eigenvalue weighted by atomic mass is 31.2. The number of rotatable bonds is 8. The molecule has 208 valence electrons. The number of hydrogen-bond donors (Lipinski definition) is 0. The van der Waals surface area contributed by atoms with E-state index < -0.39 is 14.5 Å². The molecule has 0 bridgehead atoms. The van der Waals surface area contributed by atoms with Crippen LogP contribution < -0.4 is 0 Å². The molecule has 0 spiro atoms. The maximum atomic E-state index is 6.58. The van der Waals surface area contributed by atoms with Crippen LogP contribution in [0, 0.1) is 0 Å². The Bertz CT molecular complexity index is 1050. The maximum absolute atomic E-state index is 6.58. The Morgan fingerprint density at radius 2 is 0.575 bits per heavy atom. The molecule has 0 radical (unpaired) electrons. The molecule has 0 saturated carbocycles. The summed E-state index contributed by atoms with van der Waals surface area (Å²) < 4.78 is 13.2. The molecule has 0 aromatic heterocycles. The normalized spacial score (nSPS) is 17.8. The van der Waals surface area contributed by atoms with Gasteiger partial charge in [0.1, 0.15) is 0 Å². The molecule has 1 aliphatic rings. The molecule has 5 rings (SSSR count).